The second-order valence-electron chi connectivity index (χ2n) is 6.22. The SMILES string of the molecule is O=S(=O)(Cl)CC1(COC2CCOCC2)CCCCCC1. The first-order valence-corrected chi connectivity index (χ1v) is 10.1. The minimum absolute atomic E-state index is 0.0464. The van der Waals surface area contributed by atoms with Gasteiger partial charge in [0.15, 0.2) is 0 Å². The number of ether oxygens (including phenoxy) is 2. The number of hydrogen-bond acceptors (Lipinski definition) is 4. The van der Waals surface area contributed by atoms with Crippen molar-refractivity contribution in [2.24, 2.45) is 5.41 Å². The molecule has 0 aromatic heterocycles. The van der Waals surface area contributed by atoms with Gasteiger partial charge in [0.05, 0.1) is 18.5 Å². The molecule has 0 amide bonds. The van der Waals surface area contributed by atoms with E-state index in [0.717, 1.165) is 51.7 Å². The highest BCUT2D eigenvalue weighted by Crippen LogP contribution is 2.38. The minimum Gasteiger partial charge on any atom is -0.381 e. The Hall–Kier alpha value is 0.160. The Balaban J connectivity index is 1.97. The summed E-state index contributed by atoms with van der Waals surface area (Å²) in [5, 5.41) is 0. The third kappa shape index (κ3) is 5.51. The van der Waals surface area contributed by atoms with Crippen molar-refractivity contribution in [2.75, 3.05) is 25.6 Å². The van der Waals surface area contributed by atoms with Gasteiger partial charge in [0, 0.05) is 29.3 Å². The molecule has 0 N–H and O–H groups in total. The fourth-order valence-electron chi connectivity index (χ4n) is 3.31. The summed E-state index contributed by atoms with van der Waals surface area (Å²) in [6.07, 6.45) is 8.34. The number of halogens is 1. The van der Waals surface area contributed by atoms with E-state index in [-0.39, 0.29) is 17.3 Å². The van der Waals surface area contributed by atoms with Gasteiger partial charge in [-0.15, -0.1) is 0 Å². The van der Waals surface area contributed by atoms with Crippen LogP contribution in [0.2, 0.25) is 0 Å². The van der Waals surface area contributed by atoms with Gasteiger partial charge in [-0.05, 0) is 25.7 Å². The van der Waals surface area contributed by atoms with Crippen molar-refractivity contribution in [1.29, 1.82) is 0 Å². The van der Waals surface area contributed by atoms with E-state index >= 15 is 0 Å². The maximum absolute atomic E-state index is 11.6. The van der Waals surface area contributed by atoms with Crippen LogP contribution in [0.4, 0.5) is 0 Å². The molecule has 0 radical (unpaired) electrons. The van der Waals surface area contributed by atoms with Crippen molar-refractivity contribution in [2.45, 2.75) is 57.5 Å². The number of hydrogen-bond donors (Lipinski definition) is 0. The lowest BCUT2D eigenvalue weighted by atomic mass is 9.83. The zero-order valence-corrected chi connectivity index (χ0v) is 13.6. The molecule has 0 aromatic carbocycles. The average molecular weight is 325 g/mol. The van der Waals surface area contributed by atoms with Gasteiger partial charge in [0.2, 0.25) is 9.05 Å². The second-order valence-corrected chi connectivity index (χ2v) is 9.00. The van der Waals surface area contributed by atoms with E-state index in [0.29, 0.717) is 6.61 Å². The fourth-order valence-corrected chi connectivity index (χ4v) is 5.11. The summed E-state index contributed by atoms with van der Waals surface area (Å²) in [5.41, 5.74) is -0.282. The molecule has 118 valence electrons. The van der Waals surface area contributed by atoms with Gasteiger partial charge in [-0.3, -0.25) is 0 Å². The molecule has 20 heavy (non-hydrogen) atoms. The first kappa shape index (κ1) is 16.5. The van der Waals surface area contributed by atoms with E-state index < -0.39 is 9.05 Å². The van der Waals surface area contributed by atoms with Gasteiger partial charge in [0.1, 0.15) is 0 Å². The zero-order chi connectivity index (χ0) is 14.5. The highest BCUT2D eigenvalue weighted by Gasteiger charge is 2.36. The van der Waals surface area contributed by atoms with Crippen molar-refractivity contribution in [3.63, 3.8) is 0 Å². The molecule has 6 heteroatoms. The van der Waals surface area contributed by atoms with Crippen LogP contribution < -0.4 is 0 Å². The van der Waals surface area contributed by atoms with Crippen molar-refractivity contribution in [3.8, 4) is 0 Å². The Kier molecular flexibility index (Phi) is 6.14. The average Bonchev–Trinajstić information content (AvgIpc) is 2.62. The Morgan fingerprint density at radius 1 is 1.10 bits per heavy atom. The maximum Gasteiger partial charge on any atom is 0.233 e. The Morgan fingerprint density at radius 2 is 1.70 bits per heavy atom. The van der Waals surface area contributed by atoms with E-state index in [4.69, 9.17) is 20.2 Å². The molecule has 4 nitrogen and oxygen atoms in total. The molecular formula is C14H25ClO4S. The molecule has 1 heterocycles. The van der Waals surface area contributed by atoms with E-state index in [1.807, 2.05) is 0 Å². The molecule has 1 aliphatic carbocycles. The second kappa shape index (κ2) is 7.43. The summed E-state index contributed by atoms with van der Waals surface area (Å²) < 4.78 is 34.5. The van der Waals surface area contributed by atoms with Crippen LogP contribution in [0.25, 0.3) is 0 Å². The number of rotatable bonds is 5. The summed E-state index contributed by atoms with van der Waals surface area (Å²) in [7, 11) is 2.04. The van der Waals surface area contributed by atoms with E-state index in [9.17, 15) is 8.42 Å². The predicted octanol–water partition coefficient (Wildman–Crippen LogP) is 3.09. The Morgan fingerprint density at radius 3 is 2.25 bits per heavy atom. The van der Waals surface area contributed by atoms with Crippen LogP contribution in [-0.2, 0) is 18.5 Å². The van der Waals surface area contributed by atoms with Crippen LogP contribution in [0.1, 0.15) is 51.4 Å². The molecule has 0 atom stereocenters. The molecule has 0 unspecified atom stereocenters. The van der Waals surface area contributed by atoms with Crippen LogP contribution in [0, 0.1) is 5.41 Å². The lowest BCUT2D eigenvalue weighted by Crippen LogP contribution is -2.36. The van der Waals surface area contributed by atoms with Crippen LogP contribution in [0.5, 0.6) is 0 Å². The van der Waals surface area contributed by atoms with Gasteiger partial charge in [0.25, 0.3) is 0 Å². The molecular weight excluding hydrogens is 300 g/mol. The van der Waals surface area contributed by atoms with Crippen molar-refractivity contribution in [1.82, 2.24) is 0 Å². The van der Waals surface area contributed by atoms with Gasteiger partial charge in [-0.2, -0.15) is 0 Å². The smallest absolute Gasteiger partial charge is 0.233 e. The highest BCUT2D eigenvalue weighted by atomic mass is 35.7. The summed E-state index contributed by atoms with van der Waals surface area (Å²) in [6, 6.07) is 0. The predicted molar refractivity (Wildman–Crippen MR) is 79.6 cm³/mol. The Bertz CT molecular complexity index is 382. The van der Waals surface area contributed by atoms with E-state index in [1.165, 1.54) is 12.8 Å². The molecule has 1 aliphatic heterocycles. The van der Waals surface area contributed by atoms with Gasteiger partial charge < -0.3 is 9.47 Å². The molecule has 2 aliphatic rings. The van der Waals surface area contributed by atoms with Gasteiger partial charge in [-0.1, -0.05) is 25.7 Å². The minimum atomic E-state index is -3.48. The quantitative estimate of drug-likeness (QED) is 0.576. The third-order valence-corrected chi connectivity index (χ3v) is 5.72. The van der Waals surface area contributed by atoms with Crippen LogP contribution >= 0.6 is 10.7 Å². The summed E-state index contributed by atoms with van der Waals surface area (Å²) in [4.78, 5) is 0. The van der Waals surface area contributed by atoms with Gasteiger partial charge in [-0.25, -0.2) is 8.42 Å². The topological polar surface area (TPSA) is 52.6 Å². The van der Waals surface area contributed by atoms with Crippen molar-refractivity contribution >= 4 is 19.7 Å². The molecule has 0 aromatic rings. The van der Waals surface area contributed by atoms with Crippen LogP contribution in [-0.4, -0.2) is 40.1 Å². The summed E-state index contributed by atoms with van der Waals surface area (Å²) >= 11 is 0. The lowest BCUT2D eigenvalue weighted by molar-refractivity contribution is -0.0609. The third-order valence-electron chi connectivity index (χ3n) is 4.44. The first-order chi connectivity index (χ1) is 9.49. The van der Waals surface area contributed by atoms with Crippen molar-refractivity contribution < 1.29 is 17.9 Å². The molecule has 1 saturated heterocycles. The summed E-state index contributed by atoms with van der Waals surface area (Å²) in [6.45, 7) is 2.00. The lowest BCUT2D eigenvalue weighted by Gasteiger charge is -2.34. The maximum atomic E-state index is 11.6. The molecule has 2 fully saturated rings. The monoisotopic (exact) mass is 324 g/mol. The normalized spacial score (nSPS) is 25.2. The highest BCUT2D eigenvalue weighted by molar-refractivity contribution is 8.13. The molecule has 2 rings (SSSR count). The van der Waals surface area contributed by atoms with Crippen LogP contribution in [0.15, 0.2) is 0 Å². The zero-order valence-electron chi connectivity index (χ0n) is 12.0. The fraction of sp³-hybridized carbons (Fsp3) is 1.00. The standard InChI is InChI=1S/C14H25ClO4S/c15-20(16,17)12-14(7-3-1-2-4-8-14)11-19-13-5-9-18-10-6-13/h13H,1-12H2. The van der Waals surface area contributed by atoms with E-state index in [1.54, 1.807) is 0 Å². The molecule has 0 bridgehead atoms. The largest absolute Gasteiger partial charge is 0.381 e. The first-order valence-electron chi connectivity index (χ1n) is 7.61. The molecule has 0 spiro atoms. The van der Waals surface area contributed by atoms with Crippen LogP contribution in [0.3, 0.4) is 0 Å². The summed E-state index contributed by atoms with van der Waals surface area (Å²) in [5.74, 6) is 0.0464. The van der Waals surface area contributed by atoms with E-state index in [2.05, 4.69) is 0 Å². The molecule has 1 saturated carbocycles. The van der Waals surface area contributed by atoms with Crippen molar-refractivity contribution in [3.05, 3.63) is 0 Å². The Labute approximate surface area is 126 Å². The van der Waals surface area contributed by atoms with Gasteiger partial charge >= 0.3 is 0 Å².